The van der Waals surface area contributed by atoms with Crippen molar-refractivity contribution in [1.29, 1.82) is 0 Å². The zero-order chi connectivity index (χ0) is 23.4. The second kappa shape index (κ2) is 9.39. The number of aryl methyl sites for hydroxylation is 2. The van der Waals surface area contributed by atoms with Gasteiger partial charge in [0.1, 0.15) is 6.61 Å². The number of imidazole rings is 1. The predicted molar refractivity (Wildman–Crippen MR) is 127 cm³/mol. The Kier molecular flexibility index (Phi) is 6.21. The highest BCUT2D eigenvalue weighted by Crippen LogP contribution is 2.38. The van der Waals surface area contributed by atoms with E-state index in [0.29, 0.717) is 11.5 Å². The Balaban J connectivity index is 1.56. The number of aromatic nitrogens is 2. The quantitative estimate of drug-likeness (QED) is 0.221. The highest BCUT2D eigenvalue weighted by molar-refractivity contribution is 5.84. The molecule has 0 fully saturated rings. The normalized spacial score (nSPS) is 11.1. The third kappa shape index (κ3) is 4.93. The molecule has 9 nitrogen and oxygen atoms in total. The van der Waals surface area contributed by atoms with Crippen LogP contribution in [0.4, 0.5) is 11.6 Å². The lowest BCUT2D eigenvalue weighted by atomic mass is 10.1. The van der Waals surface area contributed by atoms with E-state index >= 15 is 0 Å². The van der Waals surface area contributed by atoms with Gasteiger partial charge in [-0.25, -0.2) is 10.4 Å². The number of H-pyrrole nitrogens is 1. The molecule has 0 saturated carbocycles. The van der Waals surface area contributed by atoms with Gasteiger partial charge in [0.05, 0.1) is 29.3 Å². The minimum atomic E-state index is -0.495. The number of nitrogens with zero attached hydrogens (tertiary/aromatic N) is 3. The average molecular weight is 445 g/mol. The van der Waals surface area contributed by atoms with E-state index in [1.54, 1.807) is 6.07 Å². The smallest absolute Gasteiger partial charge is 0.315 e. The minimum absolute atomic E-state index is 0.0748. The molecule has 2 N–H and O–H groups in total. The third-order valence-electron chi connectivity index (χ3n) is 5.12. The number of methoxy groups -OCH3 is 1. The summed E-state index contributed by atoms with van der Waals surface area (Å²) in [4.78, 5) is 18.7. The van der Waals surface area contributed by atoms with Crippen LogP contribution in [0.25, 0.3) is 11.0 Å². The van der Waals surface area contributed by atoms with Crippen molar-refractivity contribution in [2.75, 3.05) is 12.5 Å². The Morgan fingerprint density at radius 1 is 1.18 bits per heavy atom. The first-order chi connectivity index (χ1) is 15.9. The van der Waals surface area contributed by atoms with Gasteiger partial charge in [-0.15, -0.1) is 0 Å². The van der Waals surface area contributed by atoms with Gasteiger partial charge in [0.25, 0.3) is 0 Å². The summed E-state index contributed by atoms with van der Waals surface area (Å²) in [6.07, 6.45) is 1.46. The van der Waals surface area contributed by atoms with E-state index in [1.807, 2.05) is 56.3 Å². The van der Waals surface area contributed by atoms with E-state index in [2.05, 4.69) is 20.5 Å². The van der Waals surface area contributed by atoms with Gasteiger partial charge < -0.3 is 14.5 Å². The highest BCUT2D eigenvalue weighted by atomic mass is 16.6. The van der Waals surface area contributed by atoms with Crippen LogP contribution in [0.15, 0.2) is 59.7 Å². The topological polar surface area (TPSA) is 115 Å². The Bertz CT molecular complexity index is 1310. The number of hydrogen-bond acceptors (Lipinski definition) is 7. The minimum Gasteiger partial charge on any atom is -0.493 e. The molecule has 1 aromatic heterocycles. The van der Waals surface area contributed by atoms with Gasteiger partial charge in [-0.1, -0.05) is 35.9 Å². The maximum atomic E-state index is 11.8. The number of benzene rings is 3. The maximum Gasteiger partial charge on any atom is 0.315 e. The molecule has 1 heterocycles. The molecule has 0 radical (unpaired) electrons. The van der Waals surface area contributed by atoms with E-state index in [4.69, 9.17) is 9.47 Å². The number of nitro groups is 1. The molecule has 0 unspecified atom stereocenters. The van der Waals surface area contributed by atoms with Gasteiger partial charge in [0.15, 0.2) is 5.75 Å². The lowest BCUT2D eigenvalue weighted by Gasteiger charge is -2.13. The number of ether oxygens (including phenoxy) is 2. The van der Waals surface area contributed by atoms with Crippen LogP contribution in [-0.4, -0.2) is 28.2 Å². The number of hydrazone groups is 1. The zero-order valence-electron chi connectivity index (χ0n) is 18.5. The molecule has 3 aromatic carbocycles. The van der Waals surface area contributed by atoms with Gasteiger partial charge in [0.2, 0.25) is 11.7 Å². The molecule has 9 heteroatoms. The number of anilines is 1. The Labute approximate surface area is 190 Å². The van der Waals surface area contributed by atoms with E-state index in [9.17, 15) is 10.1 Å². The van der Waals surface area contributed by atoms with Gasteiger partial charge in [0, 0.05) is 11.6 Å². The first-order valence-corrected chi connectivity index (χ1v) is 10.2. The standard InChI is InChI=1S/C24H23N5O4/c1-15-8-9-16(2)18(10-15)14-33-23-21(29(30)31)11-17(12-22(23)32-3)13-25-28-24-26-19-6-4-5-7-20(19)27-24/h4-13H,14H2,1-3H3,(H2,26,27,28)/b25-13-. The average Bonchev–Trinajstić information content (AvgIpc) is 3.22. The molecule has 4 aromatic rings. The summed E-state index contributed by atoms with van der Waals surface area (Å²) >= 11 is 0. The van der Waals surface area contributed by atoms with Crippen molar-refractivity contribution in [2.24, 2.45) is 5.10 Å². The second-order valence-corrected chi connectivity index (χ2v) is 7.52. The molecular weight excluding hydrogens is 422 g/mol. The lowest BCUT2D eigenvalue weighted by molar-refractivity contribution is -0.386. The molecule has 0 saturated heterocycles. The number of nitrogens with one attached hydrogen (secondary N) is 2. The predicted octanol–water partition coefficient (Wildman–Crippen LogP) is 5.12. The number of para-hydroxylation sites is 2. The van der Waals surface area contributed by atoms with Crippen LogP contribution in [0.3, 0.4) is 0 Å². The van der Waals surface area contributed by atoms with Crippen LogP contribution in [-0.2, 0) is 6.61 Å². The molecule has 0 bridgehead atoms. The molecule has 0 amide bonds. The van der Waals surface area contributed by atoms with E-state index in [1.165, 1.54) is 19.4 Å². The molecule has 0 aliphatic heterocycles. The van der Waals surface area contributed by atoms with Crippen molar-refractivity contribution in [2.45, 2.75) is 20.5 Å². The maximum absolute atomic E-state index is 11.8. The van der Waals surface area contributed by atoms with Gasteiger partial charge in [-0.05, 0) is 43.2 Å². The van der Waals surface area contributed by atoms with Crippen LogP contribution in [0.5, 0.6) is 11.5 Å². The van der Waals surface area contributed by atoms with E-state index < -0.39 is 4.92 Å². The zero-order valence-corrected chi connectivity index (χ0v) is 18.5. The summed E-state index contributed by atoms with van der Waals surface area (Å²) < 4.78 is 11.3. The Hall–Kier alpha value is -4.40. The van der Waals surface area contributed by atoms with Crippen molar-refractivity contribution >= 4 is 28.9 Å². The summed E-state index contributed by atoms with van der Waals surface area (Å²) in [6.45, 7) is 4.14. The van der Waals surface area contributed by atoms with Crippen LogP contribution in [0.1, 0.15) is 22.3 Å². The lowest BCUT2D eigenvalue weighted by Crippen LogP contribution is -2.04. The number of rotatable bonds is 8. The van der Waals surface area contributed by atoms with Crippen molar-refractivity contribution in [3.05, 3.63) is 87.0 Å². The van der Waals surface area contributed by atoms with Crippen LogP contribution in [0, 0.1) is 24.0 Å². The summed E-state index contributed by atoms with van der Waals surface area (Å²) in [6, 6.07) is 16.6. The monoisotopic (exact) mass is 445 g/mol. The molecular formula is C24H23N5O4. The van der Waals surface area contributed by atoms with Crippen molar-refractivity contribution in [1.82, 2.24) is 9.97 Å². The van der Waals surface area contributed by atoms with E-state index in [-0.39, 0.29) is 23.8 Å². The SMILES string of the molecule is COc1cc(/C=N\Nc2nc3ccccc3[nH]2)cc([N+](=O)[O-])c1OCc1cc(C)ccc1C. The summed E-state index contributed by atoms with van der Waals surface area (Å²) in [5.74, 6) is 0.785. The van der Waals surface area contributed by atoms with Crippen LogP contribution < -0.4 is 14.9 Å². The Morgan fingerprint density at radius 2 is 2.00 bits per heavy atom. The fraction of sp³-hybridized carbons (Fsp3) is 0.167. The second-order valence-electron chi connectivity index (χ2n) is 7.52. The van der Waals surface area contributed by atoms with Crippen molar-refractivity contribution < 1.29 is 14.4 Å². The molecule has 168 valence electrons. The van der Waals surface area contributed by atoms with E-state index in [0.717, 1.165) is 27.7 Å². The highest BCUT2D eigenvalue weighted by Gasteiger charge is 2.22. The first kappa shape index (κ1) is 21.8. The fourth-order valence-electron chi connectivity index (χ4n) is 3.39. The number of fused-ring (bicyclic) bond motifs is 1. The molecule has 0 aliphatic rings. The first-order valence-electron chi connectivity index (χ1n) is 10.2. The van der Waals surface area contributed by atoms with Gasteiger partial charge in [-0.2, -0.15) is 5.10 Å². The number of aromatic amines is 1. The number of hydrogen-bond donors (Lipinski definition) is 2. The largest absolute Gasteiger partial charge is 0.493 e. The fourth-order valence-corrected chi connectivity index (χ4v) is 3.39. The molecule has 4 rings (SSSR count). The van der Waals surface area contributed by atoms with Crippen LogP contribution in [0.2, 0.25) is 0 Å². The van der Waals surface area contributed by atoms with Crippen molar-refractivity contribution in [3.63, 3.8) is 0 Å². The summed E-state index contributed by atoms with van der Waals surface area (Å²) in [7, 11) is 1.44. The van der Waals surface area contributed by atoms with Gasteiger partial charge in [-0.3, -0.25) is 10.1 Å². The molecule has 0 spiro atoms. The number of nitro benzene ring substituents is 1. The summed E-state index contributed by atoms with van der Waals surface area (Å²) in [5, 5.41) is 15.9. The molecule has 0 aliphatic carbocycles. The van der Waals surface area contributed by atoms with Crippen LogP contribution >= 0.6 is 0 Å². The molecule has 0 atom stereocenters. The molecule has 33 heavy (non-hydrogen) atoms. The third-order valence-corrected chi connectivity index (χ3v) is 5.12. The summed E-state index contributed by atoms with van der Waals surface area (Å²) in [5.41, 5.74) is 7.83. The van der Waals surface area contributed by atoms with Gasteiger partial charge >= 0.3 is 5.69 Å². The van der Waals surface area contributed by atoms with Crippen molar-refractivity contribution in [3.8, 4) is 11.5 Å². The Morgan fingerprint density at radius 3 is 2.76 bits per heavy atom.